The quantitative estimate of drug-likeness (QED) is 0.754. The number of hydrogen-bond donors (Lipinski definition) is 1. The van der Waals surface area contributed by atoms with Crippen LogP contribution in [0.25, 0.3) is 10.9 Å². The summed E-state index contributed by atoms with van der Waals surface area (Å²) in [5.41, 5.74) is 1.75. The molecule has 7 heteroatoms. The van der Waals surface area contributed by atoms with Crippen molar-refractivity contribution < 1.29 is 19.8 Å². The number of nitrogens with zero attached hydrogens (tertiary/aromatic N) is 2. The highest BCUT2D eigenvalue weighted by atomic mass is 16.5. The van der Waals surface area contributed by atoms with Gasteiger partial charge < -0.3 is 20.4 Å². The molecule has 4 rings (SSSR count). The fraction of sp³-hybridized carbons (Fsp3) is 0.500. The Balaban J connectivity index is 0.00000240. The Morgan fingerprint density at radius 2 is 2.03 bits per heavy atom. The van der Waals surface area contributed by atoms with Crippen molar-refractivity contribution in [2.75, 3.05) is 19.0 Å². The maximum atomic E-state index is 12.4. The van der Waals surface area contributed by atoms with Crippen LogP contribution in [-0.2, 0) is 16.0 Å². The number of rotatable bonds is 6. The van der Waals surface area contributed by atoms with Gasteiger partial charge in [-0.1, -0.05) is 19.3 Å². The second-order valence-corrected chi connectivity index (χ2v) is 7.82. The van der Waals surface area contributed by atoms with Crippen LogP contribution in [0.15, 0.2) is 24.3 Å². The number of anilines is 1. The van der Waals surface area contributed by atoms with Crippen LogP contribution in [-0.4, -0.2) is 46.9 Å². The molecule has 1 aliphatic carbocycles. The molecule has 156 valence electrons. The molecular weight excluding hydrogens is 370 g/mol. The molecule has 0 spiro atoms. The molecule has 0 bridgehead atoms. The Labute approximate surface area is 170 Å². The summed E-state index contributed by atoms with van der Waals surface area (Å²) >= 11 is 0. The monoisotopic (exact) mass is 399 g/mol. The highest BCUT2D eigenvalue weighted by Gasteiger charge is 2.22. The van der Waals surface area contributed by atoms with Gasteiger partial charge in [0.2, 0.25) is 11.8 Å². The lowest BCUT2D eigenvalue weighted by Crippen LogP contribution is -2.38. The van der Waals surface area contributed by atoms with E-state index in [4.69, 9.17) is 4.74 Å². The number of aromatic nitrogens is 1. The van der Waals surface area contributed by atoms with E-state index in [2.05, 4.69) is 10.3 Å². The van der Waals surface area contributed by atoms with Crippen molar-refractivity contribution in [1.29, 1.82) is 0 Å². The molecule has 2 amide bonds. The van der Waals surface area contributed by atoms with Crippen molar-refractivity contribution in [3.63, 3.8) is 0 Å². The van der Waals surface area contributed by atoms with E-state index in [1.807, 2.05) is 36.2 Å². The third-order valence-corrected chi connectivity index (χ3v) is 5.79. The zero-order chi connectivity index (χ0) is 19.5. The molecule has 3 N–H and O–H groups in total. The number of benzene rings is 1. The molecule has 1 aromatic carbocycles. The van der Waals surface area contributed by atoms with E-state index >= 15 is 0 Å². The molecule has 1 aliphatic heterocycles. The van der Waals surface area contributed by atoms with Gasteiger partial charge in [-0.3, -0.25) is 9.59 Å². The number of fused-ring (bicyclic) bond motifs is 2. The maximum Gasteiger partial charge on any atom is 0.230 e. The summed E-state index contributed by atoms with van der Waals surface area (Å²) in [6, 6.07) is 8.14. The average Bonchev–Trinajstić information content (AvgIpc) is 3.08. The second kappa shape index (κ2) is 9.22. The number of ether oxygens (including phenoxy) is 1. The first kappa shape index (κ1) is 21.0. The van der Waals surface area contributed by atoms with Gasteiger partial charge >= 0.3 is 0 Å². The van der Waals surface area contributed by atoms with Gasteiger partial charge in [0, 0.05) is 30.5 Å². The number of nitrogens with one attached hydrogen (secondary N) is 1. The van der Waals surface area contributed by atoms with Crippen LogP contribution in [0.4, 0.5) is 5.82 Å². The largest absolute Gasteiger partial charge is 0.494 e. The van der Waals surface area contributed by atoms with Gasteiger partial charge in [-0.15, -0.1) is 0 Å². The van der Waals surface area contributed by atoms with E-state index < -0.39 is 0 Å². The molecule has 1 aromatic heterocycles. The molecule has 0 radical (unpaired) electrons. The number of amides is 2. The molecule has 7 nitrogen and oxygen atoms in total. The summed E-state index contributed by atoms with van der Waals surface area (Å²) in [6.45, 7) is 0.508. The first-order valence-electron chi connectivity index (χ1n) is 10.2. The Bertz CT molecular complexity index is 893. The van der Waals surface area contributed by atoms with Gasteiger partial charge in [0.15, 0.2) is 0 Å². The molecule has 1 fully saturated rings. The van der Waals surface area contributed by atoms with Crippen LogP contribution >= 0.6 is 0 Å². The molecule has 0 saturated heterocycles. The molecule has 1 saturated carbocycles. The third-order valence-electron chi connectivity index (χ3n) is 5.79. The lowest BCUT2D eigenvalue weighted by molar-refractivity contribution is -0.132. The molecule has 0 unspecified atom stereocenters. The number of carbonyl (C=O) groups is 2. The van der Waals surface area contributed by atoms with Crippen LogP contribution in [0.3, 0.4) is 0 Å². The van der Waals surface area contributed by atoms with E-state index in [-0.39, 0.29) is 17.3 Å². The summed E-state index contributed by atoms with van der Waals surface area (Å²) in [7, 11) is 1.94. The zero-order valence-electron chi connectivity index (χ0n) is 16.9. The second-order valence-electron chi connectivity index (χ2n) is 7.82. The molecule has 2 heterocycles. The normalized spacial score (nSPS) is 16.1. The lowest BCUT2D eigenvalue weighted by atomic mass is 9.94. The highest BCUT2D eigenvalue weighted by Crippen LogP contribution is 2.28. The summed E-state index contributed by atoms with van der Waals surface area (Å²) < 4.78 is 5.85. The van der Waals surface area contributed by atoms with Crippen LogP contribution in [0.2, 0.25) is 0 Å². The van der Waals surface area contributed by atoms with Crippen LogP contribution in [0.5, 0.6) is 5.75 Å². The van der Waals surface area contributed by atoms with Crippen LogP contribution < -0.4 is 10.1 Å². The summed E-state index contributed by atoms with van der Waals surface area (Å²) in [5.74, 6) is 1.62. The molecule has 0 atom stereocenters. The molecule has 2 aromatic rings. The van der Waals surface area contributed by atoms with Crippen molar-refractivity contribution in [3.05, 3.63) is 29.8 Å². The SMILES string of the molecule is CN(C(=O)CCCOc1ccc2nc3c(cc2c1)CC(=O)N3)C1CCCCC1.O. The van der Waals surface area contributed by atoms with E-state index in [0.29, 0.717) is 37.7 Å². The minimum Gasteiger partial charge on any atom is -0.494 e. The topological polar surface area (TPSA) is 103 Å². The number of carbonyl (C=O) groups excluding carboxylic acids is 2. The Morgan fingerprint density at radius 1 is 1.24 bits per heavy atom. The van der Waals surface area contributed by atoms with Crippen molar-refractivity contribution in [2.24, 2.45) is 0 Å². The summed E-state index contributed by atoms with van der Waals surface area (Å²) in [5, 5.41) is 3.73. The standard InChI is InChI=1S/C22H27N3O3.H2O/c1-25(17-6-3-2-4-7-17)21(27)8-5-11-28-18-9-10-19-15(13-18)12-16-14-20(26)24-22(16)23-19;/h9-10,12-13,17H,2-8,11,14H2,1H3,(H,23,24,26);1H2. The smallest absolute Gasteiger partial charge is 0.230 e. The Morgan fingerprint density at radius 3 is 2.83 bits per heavy atom. The first-order chi connectivity index (χ1) is 13.6. The van der Waals surface area contributed by atoms with Crippen molar-refractivity contribution in [2.45, 2.75) is 57.4 Å². The number of pyridine rings is 1. The predicted octanol–water partition coefficient (Wildman–Crippen LogP) is 2.85. The fourth-order valence-corrected chi connectivity index (χ4v) is 4.14. The third kappa shape index (κ3) is 4.85. The zero-order valence-corrected chi connectivity index (χ0v) is 16.9. The molecular formula is C22H29N3O4. The minimum absolute atomic E-state index is 0. The summed E-state index contributed by atoms with van der Waals surface area (Å²) in [4.78, 5) is 30.3. The predicted molar refractivity (Wildman–Crippen MR) is 112 cm³/mol. The Hall–Kier alpha value is -2.67. The summed E-state index contributed by atoms with van der Waals surface area (Å²) in [6.07, 6.45) is 7.62. The van der Waals surface area contributed by atoms with Crippen molar-refractivity contribution >= 4 is 28.5 Å². The van der Waals surface area contributed by atoms with E-state index in [0.717, 1.165) is 35.1 Å². The minimum atomic E-state index is -0.0165. The first-order valence-corrected chi connectivity index (χ1v) is 10.2. The van der Waals surface area contributed by atoms with Gasteiger partial charge in [-0.25, -0.2) is 4.98 Å². The Kier molecular flexibility index (Phi) is 6.69. The van der Waals surface area contributed by atoms with Gasteiger partial charge in [0.25, 0.3) is 0 Å². The van der Waals surface area contributed by atoms with E-state index in [1.54, 1.807) is 0 Å². The maximum absolute atomic E-state index is 12.4. The van der Waals surface area contributed by atoms with Gasteiger partial charge in [0.05, 0.1) is 18.5 Å². The van der Waals surface area contributed by atoms with Gasteiger partial charge in [-0.05, 0) is 43.5 Å². The van der Waals surface area contributed by atoms with Crippen LogP contribution in [0.1, 0.15) is 50.5 Å². The number of hydrogen-bond acceptors (Lipinski definition) is 4. The lowest BCUT2D eigenvalue weighted by Gasteiger charge is -2.31. The fourth-order valence-electron chi connectivity index (χ4n) is 4.14. The molecule has 2 aliphatic rings. The van der Waals surface area contributed by atoms with Crippen LogP contribution in [0, 0.1) is 0 Å². The van der Waals surface area contributed by atoms with Gasteiger partial charge in [-0.2, -0.15) is 0 Å². The van der Waals surface area contributed by atoms with E-state index in [9.17, 15) is 9.59 Å². The van der Waals surface area contributed by atoms with E-state index in [1.165, 1.54) is 19.3 Å². The highest BCUT2D eigenvalue weighted by molar-refractivity contribution is 6.00. The molecule has 29 heavy (non-hydrogen) atoms. The van der Waals surface area contributed by atoms with Crippen molar-refractivity contribution in [3.8, 4) is 5.75 Å². The van der Waals surface area contributed by atoms with Gasteiger partial charge in [0.1, 0.15) is 11.6 Å². The van der Waals surface area contributed by atoms with Crippen molar-refractivity contribution in [1.82, 2.24) is 9.88 Å². The average molecular weight is 399 g/mol.